The van der Waals surface area contributed by atoms with Gasteiger partial charge in [0, 0.05) is 49.2 Å². The third-order valence-electron chi connectivity index (χ3n) is 5.31. The zero-order valence-electron chi connectivity index (χ0n) is 17.5. The Morgan fingerprint density at radius 3 is 2.24 bits per heavy atom. The Morgan fingerprint density at radius 1 is 0.939 bits per heavy atom. The first-order valence-corrected chi connectivity index (χ1v) is 10.7. The molecule has 1 aromatic heterocycles. The third-order valence-corrected chi connectivity index (χ3v) is 5.57. The van der Waals surface area contributed by atoms with Gasteiger partial charge in [-0.1, -0.05) is 35.9 Å². The van der Waals surface area contributed by atoms with Gasteiger partial charge >= 0.3 is 6.18 Å². The van der Waals surface area contributed by atoms with Crippen molar-refractivity contribution in [3.63, 3.8) is 0 Å². The zero-order chi connectivity index (χ0) is 23.4. The number of amides is 1. The topological polar surface area (TPSA) is 49.3 Å². The lowest BCUT2D eigenvalue weighted by Crippen LogP contribution is -2.49. The van der Waals surface area contributed by atoms with Crippen molar-refractivity contribution in [2.45, 2.75) is 6.18 Å². The van der Waals surface area contributed by atoms with Crippen LogP contribution in [0.25, 0.3) is 11.6 Å². The quantitative estimate of drug-likeness (QED) is 0.394. The first-order chi connectivity index (χ1) is 15.8. The molecular formula is C24H20ClF3N4O. The molecule has 1 aliphatic heterocycles. The molecule has 0 bridgehead atoms. The van der Waals surface area contributed by atoms with Crippen LogP contribution in [0.3, 0.4) is 0 Å². The molecule has 9 heteroatoms. The summed E-state index contributed by atoms with van der Waals surface area (Å²) in [5.41, 5.74) is 0.253. The fraction of sp³-hybridized carbons (Fsp3) is 0.208. The molecule has 0 aliphatic carbocycles. The van der Waals surface area contributed by atoms with Gasteiger partial charge in [-0.2, -0.15) is 13.2 Å². The van der Waals surface area contributed by atoms with E-state index in [0.717, 1.165) is 12.1 Å². The fourth-order valence-corrected chi connectivity index (χ4v) is 3.72. The number of benzene rings is 2. The van der Waals surface area contributed by atoms with E-state index < -0.39 is 11.7 Å². The number of aromatic nitrogens is 2. The predicted molar refractivity (Wildman–Crippen MR) is 122 cm³/mol. The molecule has 2 aromatic carbocycles. The van der Waals surface area contributed by atoms with E-state index in [1.54, 1.807) is 53.7 Å². The summed E-state index contributed by atoms with van der Waals surface area (Å²) in [6.45, 7) is 1.83. The van der Waals surface area contributed by atoms with E-state index in [-0.39, 0.29) is 17.0 Å². The van der Waals surface area contributed by atoms with Crippen molar-refractivity contribution in [1.29, 1.82) is 0 Å². The SMILES string of the molecule is O=C(/C(=C/c1ccc(Cl)cc1)c1cccc(C(F)(F)F)c1)N1CCN(c2ncccn2)CC1. The summed E-state index contributed by atoms with van der Waals surface area (Å²) in [5.74, 6) is 0.248. The number of carbonyl (C=O) groups excluding carboxylic acids is 1. The first kappa shape index (κ1) is 22.8. The molecule has 0 saturated carbocycles. The van der Waals surface area contributed by atoms with Crippen LogP contribution in [-0.4, -0.2) is 47.0 Å². The Morgan fingerprint density at radius 2 is 1.61 bits per heavy atom. The molecule has 2 heterocycles. The van der Waals surface area contributed by atoms with Gasteiger partial charge in [0.25, 0.3) is 5.91 Å². The van der Waals surface area contributed by atoms with E-state index >= 15 is 0 Å². The number of piperazine rings is 1. The Kier molecular flexibility index (Phi) is 6.65. The number of anilines is 1. The van der Waals surface area contributed by atoms with Gasteiger partial charge in [-0.3, -0.25) is 4.79 Å². The van der Waals surface area contributed by atoms with Crippen molar-refractivity contribution < 1.29 is 18.0 Å². The van der Waals surface area contributed by atoms with Crippen LogP contribution >= 0.6 is 11.6 Å². The van der Waals surface area contributed by atoms with Gasteiger partial charge in [-0.15, -0.1) is 0 Å². The van der Waals surface area contributed by atoms with Gasteiger partial charge in [0.1, 0.15) is 0 Å². The van der Waals surface area contributed by atoms with Crippen molar-refractivity contribution in [1.82, 2.24) is 14.9 Å². The highest BCUT2D eigenvalue weighted by Gasteiger charge is 2.32. The Hall–Kier alpha value is -3.39. The standard InChI is InChI=1S/C24H20ClF3N4O/c25-20-7-5-17(6-8-20)15-21(18-3-1-4-19(16-18)24(26,27)28)22(33)31-11-13-32(14-12-31)23-29-9-2-10-30-23/h1-10,15-16H,11-14H2/b21-15+. The molecule has 170 valence electrons. The lowest BCUT2D eigenvalue weighted by atomic mass is 9.99. The molecule has 33 heavy (non-hydrogen) atoms. The number of hydrogen-bond acceptors (Lipinski definition) is 4. The summed E-state index contributed by atoms with van der Waals surface area (Å²) >= 11 is 5.95. The van der Waals surface area contributed by atoms with Crippen LogP contribution in [0.15, 0.2) is 67.0 Å². The predicted octanol–water partition coefficient (Wildman–Crippen LogP) is 5.04. The maximum Gasteiger partial charge on any atom is 0.416 e. The zero-order valence-corrected chi connectivity index (χ0v) is 18.2. The lowest BCUT2D eigenvalue weighted by Gasteiger charge is -2.35. The van der Waals surface area contributed by atoms with Gasteiger partial charge in [-0.25, -0.2) is 9.97 Å². The molecule has 4 rings (SSSR count). The fourth-order valence-electron chi connectivity index (χ4n) is 3.59. The minimum Gasteiger partial charge on any atom is -0.337 e. The molecule has 5 nitrogen and oxygen atoms in total. The smallest absolute Gasteiger partial charge is 0.337 e. The van der Waals surface area contributed by atoms with E-state index in [9.17, 15) is 18.0 Å². The Balaban J connectivity index is 1.62. The molecule has 0 unspecified atom stereocenters. The first-order valence-electron chi connectivity index (χ1n) is 10.3. The molecular weight excluding hydrogens is 453 g/mol. The van der Waals surface area contributed by atoms with E-state index in [4.69, 9.17) is 11.6 Å². The number of alkyl halides is 3. The normalized spacial score (nSPS) is 15.0. The maximum absolute atomic E-state index is 13.5. The highest BCUT2D eigenvalue weighted by atomic mass is 35.5. The third kappa shape index (κ3) is 5.51. The summed E-state index contributed by atoms with van der Waals surface area (Å²) in [4.78, 5) is 25.6. The van der Waals surface area contributed by atoms with E-state index in [1.165, 1.54) is 12.1 Å². The summed E-state index contributed by atoms with van der Waals surface area (Å²) in [6, 6.07) is 13.3. The second-order valence-corrected chi connectivity index (χ2v) is 7.95. The summed E-state index contributed by atoms with van der Waals surface area (Å²) in [7, 11) is 0. The molecule has 1 amide bonds. The average molecular weight is 473 g/mol. The molecule has 0 N–H and O–H groups in total. The number of hydrogen-bond donors (Lipinski definition) is 0. The van der Waals surface area contributed by atoms with Crippen LogP contribution in [0, 0.1) is 0 Å². The number of carbonyl (C=O) groups is 1. The highest BCUT2D eigenvalue weighted by Crippen LogP contribution is 2.32. The Labute approximate surface area is 194 Å². The van der Waals surface area contributed by atoms with Crippen LogP contribution in [-0.2, 0) is 11.0 Å². The second-order valence-electron chi connectivity index (χ2n) is 7.52. The average Bonchev–Trinajstić information content (AvgIpc) is 2.83. The molecule has 3 aromatic rings. The molecule has 0 spiro atoms. The van der Waals surface area contributed by atoms with Crippen LogP contribution in [0.2, 0.25) is 5.02 Å². The largest absolute Gasteiger partial charge is 0.416 e. The highest BCUT2D eigenvalue weighted by molar-refractivity contribution is 6.30. The minimum atomic E-state index is -4.51. The van der Waals surface area contributed by atoms with Crippen molar-refractivity contribution in [2.75, 3.05) is 31.1 Å². The molecule has 1 fully saturated rings. The minimum absolute atomic E-state index is 0.188. The monoisotopic (exact) mass is 472 g/mol. The molecule has 1 saturated heterocycles. The van der Waals surface area contributed by atoms with Gasteiger partial charge in [0.05, 0.1) is 5.56 Å². The summed E-state index contributed by atoms with van der Waals surface area (Å²) in [6.07, 6.45) is 0.396. The van der Waals surface area contributed by atoms with Crippen molar-refractivity contribution >= 4 is 35.1 Å². The van der Waals surface area contributed by atoms with Gasteiger partial charge in [-0.05, 0) is 47.5 Å². The second kappa shape index (κ2) is 9.62. The number of nitrogens with zero attached hydrogens (tertiary/aromatic N) is 4. The van der Waals surface area contributed by atoms with Crippen LogP contribution < -0.4 is 4.90 Å². The van der Waals surface area contributed by atoms with Crippen LogP contribution in [0.1, 0.15) is 16.7 Å². The van der Waals surface area contributed by atoms with E-state index in [1.807, 2.05) is 4.90 Å². The number of rotatable bonds is 4. The number of halogens is 4. The van der Waals surface area contributed by atoms with Crippen LogP contribution in [0.4, 0.5) is 19.1 Å². The summed E-state index contributed by atoms with van der Waals surface area (Å²) < 4.78 is 39.9. The molecule has 0 atom stereocenters. The van der Waals surface area contributed by atoms with Gasteiger partial charge in [0.15, 0.2) is 0 Å². The van der Waals surface area contributed by atoms with Gasteiger partial charge < -0.3 is 9.80 Å². The summed E-state index contributed by atoms with van der Waals surface area (Å²) in [5, 5.41) is 0.526. The lowest BCUT2D eigenvalue weighted by molar-refractivity contribution is -0.137. The van der Waals surface area contributed by atoms with E-state index in [0.29, 0.717) is 42.7 Å². The Bertz CT molecular complexity index is 1140. The molecule has 1 aliphatic rings. The van der Waals surface area contributed by atoms with Crippen molar-refractivity contribution in [2.24, 2.45) is 0 Å². The maximum atomic E-state index is 13.5. The van der Waals surface area contributed by atoms with Gasteiger partial charge in [0.2, 0.25) is 5.95 Å². The molecule has 0 radical (unpaired) electrons. The van der Waals surface area contributed by atoms with Crippen molar-refractivity contribution in [3.05, 3.63) is 88.7 Å². The van der Waals surface area contributed by atoms with E-state index in [2.05, 4.69) is 9.97 Å². The van der Waals surface area contributed by atoms with Crippen LogP contribution in [0.5, 0.6) is 0 Å². The van der Waals surface area contributed by atoms with Crippen molar-refractivity contribution in [3.8, 4) is 0 Å².